The van der Waals surface area contributed by atoms with Gasteiger partial charge in [0, 0.05) is 6.61 Å². The third-order valence-electron chi connectivity index (χ3n) is 7.77. The molecule has 0 aliphatic carbocycles. The standard InChI is InChI=1S/C30H64OSi/c1-4-7-10-13-16-19-22-25-30(28-29-31-32,26-23-20-17-14-11-8-5-2)27-24-21-18-15-12-9-6-3/h4-29H2,1-3,32H3. The van der Waals surface area contributed by atoms with E-state index in [0.29, 0.717) is 5.41 Å². The van der Waals surface area contributed by atoms with Crippen LogP contribution in [0.5, 0.6) is 0 Å². The Labute approximate surface area is 208 Å². The molecule has 0 amide bonds. The third kappa shape index (κ3) is 20.8. The van der Waals surface area contributed by atoms with Gasteiger partial charge in [0.25, 0.3) is 0 Å². The van der Waals surface area contributed by atoms with E-state index < -0.39 is 0 Å². The summed E-state index contributed by atoms with van der Waals surface area (Å²) in [5.41, 5.74) is 0.584. The van der Waals surface area contributed by atoms with Gasteiger partial charge in [-0.3, -0.25) is 0 Å². The average molecular weight is 469 g/mol. The van der Waals surface area contributed by atoms with Gasteiger partial charge in [-0.1, -0.05) is 156 Å². The van der Waals surface area contributed by atoms with Crippen molar-refractivity contribution in [2.24, 2.45) is 5.41 Å². The van der Waals surface area contributed by atoms with Gasteiger partial charge in [-0.05, 0) is 31.1 Å². The fourth-order valence-corrected chi connectivity index (χ4v) is 5.64. The van der Waals surface area contributed by atoms with Crippen LogP contribution in [0.2, 0.25) is 0 Å². The van der Waals surface area contributed by atoms with Crippen LogP contribution in [-0.2, 0) is 4.43 Å². The largest absolute Gasteiger partial charge is 0.428 e. The summed E-state index contributed by atoms with van der Waals surface area (Å²) in [6.07, 6.45) is 36.0. The molecule has 0 unspecified atom stereocenters. The normalized spacial score (nSPS) is 12.1. The van der Waals surface area contributed by atoms with E-state index in [0.717, 1.165) is 17.1 Å². The maximum Gasteiger partial charge on any atom is 0.145 e. The molecule has 0 aliphatic rings. The highest BCUT2D eigenvalue weighted by Gasteiger charge is 2.28. The van der Waals surface area contributed by atoms with Crippen LogP contribution >= 0.6 is 0 Å². The first kappa shape index (κ1) is 32.2. The molecule has 0 radical (unpaired) electrons. The van der Waals surface area contributed by atoms with Gasteiger partial charge in [0.15, 0.2) is 0 Å². The first-order valence-electron chi connectivity index (χ1n) is 15.2. The molecule has 0 aromatic rings. The first-order chi connectivity index (χ1) is 15.7. The molecular formula is C30H64OSi. The maximum absolute atomic E-state index is 5.75. The molecule has 0 fully saturated rings. The summed E-state index contributed by atoms with van der Waals surface area (Å²) in [7, 11) is 0.902. The van der Waals surface area contributed by atoms with Crippen LogP contribution in [0, 0.1) is 5.41 Å². The summed E-state index contributed by atoms with van der Waals surface area (Å²) < 4.78 is 5.75. The Bertz CT molecular complexity index is 298. The second-order valence-electron chi connectivity index (χ2n) is 10.9. The van der Waals surface area contributed by atoms with E-state index in [-0.39, 0.29) is 0 Å². The Hall–Kier alpha value is 0.177. The lowest BCUT2D eigenvalue weighted by Gasteiger charge is -2.35. The van der Waals surface area contributed by atoms with Crippen molar-refractivity contribution in [2.45, 2.75) is 181 Å². The Morgan fingerprint density at radius 1 is 0.406 bits per heavy atom. The van der Waals surface area contributed by atoms with Crippen molar-refractivity contribution in [1.82, 2.24) is 0 Å². The summed E-state index contributed by atoms with van der Waals surface area (Å²) in [5, 5.41) is 0. The van der Waals surface area contributed by atoms with Gasteiger partial charge in [-0.25, -0.2) is 0 Å². The zero-order valence-electron chi connectivity index (χ0n) is 23.3. The number of hydrogen-bond donors (Lipinski definition) is 0. The zero-order valence-corrected chi connectivity index (χ0v) is 25.3. The highest BCUT2D eigenvalue weighted by molar-refractivity contribution is 5.97. The van der Waals surface area contributed by atoms with Gasteiger partial charge >= 0.3 is 0 Å². The molecule has 1 nitrogen and oxygen atoms in total. The Morgan fingerprint density at radius 3 is 0.969 bits per heavy atom. The zero-order chi connectivity index (χ0) is 23.6. The molecule has 0 N–H and O–H groups in total. The molecule has 0 spiro atoms. The van der Waals surface area contributed by atoms with Crippen LogP contribution in [0.15, 0.2) is 0 Å². The van der Waals surface area contributed by atoms with Crippen molar-refractivity contribution in [1.29, 1.82) is 0 Å². The number of hydrogen-bond acceptors (Lipinski definition) is 1. The fourth-order valence-electron chi connectivity index (χ4n) is 5.44. The third-order valence-corrected chi connectivity index (χ3v) is 8.18. The molecule has 32 heavy (non-hydrogen) atoms. The van der Waals surface area contributed by atoms with Crippen LogP contribution in [0.3, 0.4) is 0 Å². The number of unbranched alkanes of at least 4 members (excludes halogenated alkanes) is 18. The van der Waals surface area contributed by atoms with E-state index in [9.17, 15) is 0 Å². The van der Waals surface area contributed by atoms with Gasteiger partial charge < -0.3 is 4.43 Å². The molecule has 0 saturated carbocycles. The second-order valence-corrected chi connectivity index (χ2v) is 11.4. The van der Waals surface area contributed by atoms with Crippen LogP contribution in [0.25, 0.3) is 0 Å². The van der Waals surface area contributed by atoms with Gasteiger partial charge in [0.2, 0.25) is 0 Å². The van der Waals surface area contributed by atoms with Crippen LogP contribution in [0.1, 0.15) is 181 Å². The lowest BCUT2D eigenvalue weighted by molar-refractivity contribution is 0.145. The van der Waals surface area contributed by atoms with Crippen molar-refractivity contribution < 1.29 is 4.43 Å². The van der Waals surface area contributed by atoms with Gasteiger partial charge in [-0.2, -0.15) is 0 Å². The Morgan fingerprint density at radius 2 is 0.688 bits per heavy atom. The minimum Gasteiger partial charge on any atom is -0.428 e. The summed E-state index contributed by atoms with van der Waals surface area (Å²) in [5.74, 6) is 0. The average Bonchev–Trinajstić information content (AvgIpc) is 2.81. The van der Waals surface area contributed by atoms with E-state index in [2.05, 4.69) is 20.8 Å². The quantitative estimate of drug-likeness (QED) is 0.0860. The second kappa shape index (κ2) is 25.8. The maximum atomic E-state index is 5.75. The van der Waals surface area contributed by atoms with Gasteiger partial charge in [0.05, 0.1) is 0 Å². The number of rotatable bonds is 27. The van der Waals surface area contributed by atoms with Crippen molar-refractivity contribution in [3.63, 3.8) is 0 Å². The van der Waals surface area contributed by atoms with Gasteiger partial charge in [-0.15, -0.1) is 0 Å². The summed E-state index contributed by atoms with van der Waals surface area (Å²) in [6.45, 7) is 7.98. The Kier molecular flexibility index (Phi) is 25.9. The van der Waals surface area contributed by atoms with E-state index in [1.807, 2.05) is 0 Å². The molecule has 194 valence electrons. The highest BCUT2D eigenvalue weighted by Crippen LogP contribution is 2.40. The molecule has 0 aliphatic heterocycles. The molecule has 0 aromatic carbocycles. The van der Waals surface area contributed by atoms with Crippen LogP contribution in [-0.4, -0.2) is 17.1 Å². The van der Waals surface area contributed by atoms with Crippen LogP contribution < -0.4 is 0 Å². The summed E-state index contributed by atoms with van der Waals surface area (Å²) in [6, 6.07) is 0. The van der Waals surface area contributed by atoms with Crippen molar-refractivity contribution in [3.05, 3.63) is 0 Å². The minimum atomic E-state index is 0.584. The monoisotopic (exact) mass is 468 g/mol. The molecule has 0 rings (SSSR count). The predicted molar refractivity (Wildman–Crippen MR) is 151 cm³/mol. The smallest absolute Gasteiger partial charge is 0.145 e. The summed E-state index contributed by atoms with van der Waals surface area (Å²) in [4.78, 5) is 0. The SMILES string of the molecule is CCCCCCCCCC(CCCCCCCCC)(CCCCCCCCC)CCO[SiH3]. The molecular weight excluding hydrogens is 404 g/mol. The highest BCUT2D eigenvalue weighted by atomic mass is 28.2. The van der Waals surface area contributed by atoms with Crippen molar-refractivity contribution in [2.75, 3.05) is 6.61 Å². The van der Waals surface area contributed by atoms with E-state index in [1.54, 1.807) is 0 Å². The molecule has 2 heteroatoms. The summed E-state index contributed by atoms with van der Waals surface area (Å²) >= 11 is 0. The van der Waals surface area contributed by atoms with E-state index in [4.69, 9.17) is 4.43 Å². The van der Waals surface area contributed by atoms with Crippen molar-refractivity contribution in [3.8, 4) is 0 Å². The lowest BCUT2D eigenvalue weighted by atomic mass is 9.72. The first-order valence-corrected chi connectivity index (χ1v) is 16.0. The molecule has 0 atom stereocenters. The molecule has 0 bridgehead atoms. The van der Waals surface area contributed by atoms with E-state index >= 15 is 0 Å². The topological polar surface area (TPSA) is 9.23 Å². The van der Waals surface area contributed by atoms with Crippen molar-refractivity contribution >= 4 is 10.5 Å². The predicted octanol–water partition coefficient (Wildman–Crippen LogP) is 10.1. The van der Waals surface area contributed by atoms with E-state index in [1.165, 1.54) is 161 Å². The fraction of sp³-hybridized carbons (Fsp3) is 1.00. The molecule has 0 heterocycles. The minimum absolute atomic E-state index is 0.584. The lowest BCUT2D eigenvalue weighted by Crippen LogP contribution is -2.23. The molecule has 0 aromatic heterocycles. The Balaban J connectivity index is 4.51. The molecule has 0 saturated heterocycles. The van der Waals surface area contributed by atoms with Gasteiger partial charge in [0.1, 0.15) is 10.5 Å². The van der Waals surface area contributed by atoms with Crippen LogP contribution in [0.4, 0.5) is 0 Å².